The van der Waals surface area contributed by atoms with E-state index in [0.29, 0.717) is 23.9 Å². The standard InChI is InChI=1S/C24H29N5O3S/c1-16(19-10-4-7-17-6-2-3-9-20(17)19)26-23(31)15-33-24-28-27-22(12-11-21(25)30)29(24)14-18-8-5-13-32-18/h2-4,6-7,9-10,16,18H,5,8,11-15H2,1H3,(H2,25,30)(H,26,31)/t16-,18-/m0/s1. The molecule has 1 aliphatic heterocycles. The lowest BCUT2D eigenvalue weighted by Gasteiger charge is -2.17. The molecular weight excluding hydrogens is 438 g/mol. The Morgan fingerprint density at radius 1 is 1.24 bits per heavy atom. The van der Waals surface area contributed by atoms with Crippen LogP contribution in [0.25, 0.3) is 10.8 Å². The number of nitrogens with one attached hydrogen (secondary N) is 1. The zero-order valence-corrected chi connectivity index (χ0v) is 19.5. The molecule has 0 bridgehead atoms. The third-order valence-electron chi connectivity index (χ3n) is 5.80. The van der Waals surface area contributed by atoms with E-state index in [2.05, 4.69) is 33.7 Å². The SMILES string of the molecule is C[C@H](NC(=O)CSc1nnc(CCC(N)=O)n1C[C@@H]1CCCO1)c1cccc2ccccc12. The number of aromatic nitrogens is 3. The smallest absolute Gasteiger partial charge is 0.230 e. The molecule has 1 saturated heterocycles. The second-order valence-corrected chi connectivity index (χ2v) is 9.20. The fourth-order valence-corrected chi connectivity index (χ4v) is 4.92. The van der Waals surface area contributed by atoms with Crippen molar-refractivity contribution in [2.75, 3.05) is 12.4 Å². The summed E-state index contributed by atoms with van der Waals surface area (Å²) in [5.41, 5.74) is 6.39. The third kappa shape index (κ3) is 5.91. The van der Waals surface area contributed by atoms with Gasteiger partial charge in [-0.2, -0.15) is 0 Å². The van der Waals surface area contributed by atoms with E-state index in [-0.39, 0.29) is 36.1 Å². The fraction of sp³-hybridized carbons (Fsp3) is 0.417. The van der Waals surface area contributed by atoms with Crippen molar-refractivity contribution in [1.29, 1.82) is 0 Å². The quantitative estimate of drug-likeness (QED) is 0.443. The van der Waals surface area contributed by atoms with Crippen molar-refractivity contribution in [1.82, 2.24) is 20.1 Å². The van der Waals surface area contributed by atoms with E-state index in [4.69, 9.17) is 10.5 Å². The van der Waals surface area contributed by atoms with Gasteiger partial charge in [0.15, 0.2) is 5.16 Å². The molecule has 174 valence electrons. The molecular formula is C24H29N5O3S. The van der Waals surface area contributed by atoms with Crippen molar-refractivity contribution in [2.24, 2.45) is 5.73 Å². The van der Waals surface area contributed by atoms with Crippen LogP contribution >= 0.6 is 11.8 Å². The van der Waals surface area contributed by atoms with Crippen LogP contribution in [0.5, 0.6) is 0 Å². The molecule has 33 heavy (non-hydrogen) atoms. The summed E-state index contributed by atoms with van der Waals surface area (Å²) in [6.07, 6.45) is 2.71. The van der Waals surface area contributed by atoms with Crippen LogP contribution in [0.3, 0.4) is 0 Å². The molecule has 2 amide bonds. The van der Waals surface area contributed by atoms with E-state index in [0.717, 1.165) is 35.8 Å². The van der Waals surface area contributed by atoms with E-state index in [1.807, 2.05) is 35.8 Å². The van der Waals surface area contributed by atoms with E-state index >= 15 is 0 Å². The zero-order chi connectivity index (χ0) is 23.2. The number of hydrogen-bond donors (Lipinski definition) is 2. The number of aryl methyl sites for hydroxylation is 1. The largest absolute Gasteiger partial charge is 0.376 e. The van der Waals surface area contributed by atoms with Crippen molar-refractivity contribution < 1.29 is 14.3 Å². The van der Waals surface area contributed by atoms with Gasteiger partial charge in [-0.15, -0.1) is 10.2 Å². The minimum Gasteiger partial charge on any atom is -0.376 e. The van der Waals surface area contributed by atoms with Crippen molar-refractivity contribution in [2.45, 2.75) is 56.5 Å². The van der Waals surface area contributed by atoms with Crippen LogP contribution in [0.2, 0.25) is 0 Å². The maximum atomic E-state index is 12.7. The average molecular weight is 468 g/mol. The van der Waals surface area contributed by atoms with Crippen LogP contribution in [0.4, 0.5) is 0 Å². The van der Waals surface area contributed by atoms with Gasteiger partial charge < -0.3 is 20.4 Å². The van der Waals surface area contributed by atoms with E-state index in [9.17, 15) is 9.59 Å². The third-order valence-corrected chi connectivity index (χ3v) is 6.77. The lowest BCUT2D eigenvalue weighted by molar-refractivity contribution is -0.119. The van der Waals surface area contributed by atoms with Crippen molar-refractivity contribution in [3.05, 3.63) is 53.9 Å². The van der Waals surface area contributed by atoms with Crippen LogP contribution in [0, 0.1) is 0 Å². The number of nitrogens with two attached hydrogens (primary N) is 1. The monoisotopic (exact) mass is 467 g/mol. The molecule has 0 spiro atoms. The maximum absolute atomic E-state index is 12.7. The van der Waals surface area contributed by atoms with E-state index in [1.54, 1.807) is 0 Å². The predicted molar refractivity (Wildman–Crippen MR) is 128 cm³/mol. The molecule has 2 atom stereocenters. The second-order valence-electron chi connectivity index (χ2n) is 8.26. The highest BCUT2D eigenvalue weighted by Crippen LogP contribution is 2.25. The van der Waals surface area contributed by atoms with Gasteiger partial charge >= 0.3 is 0 Å². The van der Waals surface area contributed by atoms with Gasteiger partial charge in [-0.1, -0.05) is 54.2 Å². The summed E-state index contributed by atoms with van der Waals surface area (Å²) >= 11 is 1.34. The summed E-state index contributed by atoms with van der Waals surface area (Å²) < 4.78 is 7.73. The number of fused-ring (bicyclic) bond motifs is 1. The normalized spacial score (nSPS) is 16.7. The molecule has 0 radical (unpaired) electrons. The van der Waals surface area contributed by atoms with Gasteiger partial charge in [0.25, 0.3) is 0 Å². The number of ether oxygens (including phenoxy) is 1. The van der Waals surface area contributed by atoms with E-state index < -0.39 is 0 Å². The van der Waals surface area contributed by atoms with Crippen LogP contribution in [0.1, 0.15) is 43.6 Å². The number of primary amides is 1. The Bertz CT molecular complexity index is 1120. The first-order valence-corrected chi connectivity index (χ1v) is 12.2. The Labute approximate surface area is 197 Å². The van der Waals surface area contributed by atoms with Gasteiger partial charge in [0.1, 0.15) is 5.82 Å². The average Bonchev–Trinajstić information content (AvgIpc) is 3.46. The van der Waals surface area contributed by atoms with Gasteiger partial charge in [-0.05, 0) is 36.1 Å². The number of nitrogens with zero attached hydrogens (tertiary/aromatic N) is 3. The van der Waals surface area contributed by atoms with Gasteiger partial charge in [0, 0.05) is 19.4 Å². The Morgan fingerprint density at radius 3 is 2.85 bits per heavy atom. The van der Waals surface area contributed by atoms with Crippen molar-refractivity contribution >= 4 is 34.3 Å². The van der Waals surface area contributed by atoms with Crippen molar-refractivity contribution in [3.8, 4) is 0 Å². The molecule has 2 aromatic carbocycles. The second kappa shape index (κ2) is 10.8. The maximum Gasteiger partial charge on any atom is 0.230 e. The number of benzene rings is 2. The lowest BCUT2D eigenvalue weighted by atomic mass is 10.00. The zero-order valence-electron chi connectivity index (χ0n) is 18.7. The first-order chi connectivity index (χ1) is 16.0. The van der Waals surface area contributed by atoms with Gasteiger partial charge in [-0.25, -0.2) is 0 Å². The summed E-state index contributed by atoms with van der Waals surface area (Å²) in [6.45, 7) is 3.35. The Kier molecular flexibility index (Phi) is 7.61. The molecule has 2 heterocycles. The number of hydrogen-bond acceptors (Lipinski definition) is 6. The molecule has 4 rings (SSSR count). The molecule has 0 aliphatic carbocycles. The molecule has 9 heteroatoms. The van der Waals surface area contributed by atoms with Crippen LogP contribution in [-0.4, -0.2) is 45.0 Å². The van der Waals surface area contributed by atoms with Gasteiger partial charge in [0.2, 0.25) is 11.8 Å². The van der Waals surface area contributed by atoms with Gasteiger partial charge in [0.05, 0.1) is 24.4 Å². The molecule has 0 unspecified atom stereocenters. The summed E-state index contributed by atoms with van der Waals surface area (Å²) in [5, 5.41) is 14.6. The lowest BCUT2D eigenvalue weighted by Crippen LogP contribution is -2.28. The first-order valence-electron chi connectivity index (χ1n) is 11.2. The molecule has 0 saturated carbocycles. The molecule has 1 aliphatic rings. The summed E-state index contributed by atoms with van der Waals surface area (Å²) in [4.78, 5) is 24.0. The number of amides is 2. The minimum atomic E-state index is -0.377. The van der Waals surface area contributed by atoms with Crippen LogP contribution in [-0.2, 0) is 27.3 Å². The fourth-order valence-electron chi connectivity index (χ4n) is 4.14. The minimum absolute atomic E-state index is 0.0780. The topological polar surface area (TPSA) is 112 Å². The highest BCUT2D eigenvalue weighted by molar-refractivity contribution is 7.99. The van der Waals surface area contributed by atoms with E-state index in [1.165, 1.54) is 11.8 Å². The molecule has 8 nitrogen and oxygen atoms in total. The Morgan fingerprint density at radius 2 is 2.06 bits per heavy atom. The first kappa shape index (κ1) is 23.3. The predicted octanol–water partition coefficient (Wildman–Crippen LogP) is 3.00. The molecule has 3 N–H and O–H groups in total. The summed E-state index contributed by atoms with van der Waals surface area (Å²) in [7, 11) is 0. The molecule has 1 aromatic heterocycles. The summed E-state index contributed by atoms with van der Waals surface area (Å²) in [6, 6.07) is 14.2. The van der Waals surface area contributed by atoms with Crippen molar-refractivity contribution in [3.63, 3.8) is 0 Å². The number of thioether (sulfide) groups is 1. The highest BCUT2D eigenvalue weighted by Gasteiger charge is 2.22. The summed E-state index contributed by atoms with van der Waals surface area (Å²) in [5.74, 6) is 0.453. The number of rotatable bonds is 10. The highest BCUT2D eigenvalue weighted by atomic mass is 32.2. The number of carbonyl (C=O) groups excluding carboxylic acids is 2. The molecule has 3 aromatic rings. The molecule has 1 fully saturated rings. The van der Waals surface area contributed by atoms with Crippen LogP contribution in [0.15, 0.2) is 47.6 Å². The van der Waals surface area contributed by atoms with Gasteiger partial charge in [-0.3, -0.25) is 9.59 Å². The number of carbonyl (C=O) groups is 2. The Hall–Kier alpha value is -2.91. The Balaban J connectivity index is 1.41. The van der Waals surface area contributed by atoms with Crippen LogP contribution < -0.4 is 11.1 Å².